The third-order valence-corrected chi connectivity index (χ3v) is 5.00. The van der Waals surface area contributed by atoms with Gasteiger partial charge in [0.05, 0.1) is 12.0 Å². The highest BCUT2D eigenvalue weighted by Crippen LogP contribution is 2.23. The van der Waals surface area contributed by atoms with Gasteiger partial charge < -0.3 is 10.5 Å². The number of halogens is 1. The maximum Gasteiger partial charge on any atom is 0.240 e. The molecule has 0 spiro atoms. The molecule has 5 nitrogen and oxygen atoms in total. The van der Waals surface area contributed by atoms with E-state index >= 15 is 0 Å². The second-order valence-corrected chi connectivity index (χ2v) is 6.98. The van der Waals surface area contributed by atoms with Crippen LogP contribution in [0.15, 0.2) is 51.8 Å². The van der Waals surface area contributed by atoms with Gasteiger partial charge in [0.2, 0.25) is 10.0 Å². The second kappa shape index (κ2) is 6.46. The van der Waals surface area contributed by atoms with Crippen molar-refractivity contribution in [3.8, 4) is 5.75 Å². The predicted molar refractivity (Wildman–Crippen MR) is 85.6 cm³/mol. The Morgan fingerprint density at radius 3 is 2.67 bits per heavy atom. The molecule has 2 aromatic rings. The number of nitrogen functional groups attached to an aromatic ring is 1. The van der Waals surface area contributed by atoms with Crippen LogP contribution in [0, 0.1) is 0 Å². The molecule has 0 atom stereocenters. The van der Waals surface area contributed by atoms with Gasteiger partial charge in [-0.25, -0.2) is 13.1 Å². The van der Waals surface area contributed by atoms with E-state index in [2.05, 4.69) is 20.7 Å². The lowest BCUT2D eigenvalue weighted by molar-refractivity contribution is 0.414. The molecule has 0 unspecified atom stereocenters. The zero-order valence-corrected chi connectivity index (χ0v) is 13.7. The van der Waals surface area contributed by atoms with E-state index in [9.17, 15) is 8.42 Å². The number of hydrogen-bond acceptors (Lipinski definition) is 4. The van der Waals surface area contributed by atoms with Gasteiger partial charge >= 0.3 is 0 Å². The SMILES string of the molecule is COc1cccc(CNS(=O)(=O)c2ccc(Br)c(N)c2)c1. The van der Waals surface area contributed by atoms with E-state index in [0.29, 0.717) is 15.9 Å². The van der Waals surface area contributed by atoms with Gasteiger partial charge in [-0.3, -0.25) is 0 Å². The van der Waals surface area contributed by atoms with Gasteiger partial charge in [-0.05, 0) is 51.8 Å². The van der Waals surface area contributed by atoms with Crippen LogP contribution in [0.1, 0.15) is 5.56 Å². The average Bonchev–Trinajstić information content (AvgIpc) is 2.48. The molecule has 0 aliphatic heterocycles. The molecule has 7 heteroatoms. The third-order valence-electron chi connectivity index (χ3n) is 2.88. The summed E-state index contributed by atoms with van der Waals surface area (Å²) < 4.78 is 32.7. The normalized spacial score (nSPS) is 11.3. The first-order valence-electron chi connectivity index (χ1n) is 6.10. The number of hydrogen-bond donors (Lipinski definition) is 2. The van der Waals surface area contributed by atoms with Crippen molar-refractivity contribution in [1.82, 2.24) is 4.72 Å². The van der Waals surface area contributed by atoms with Crippen LogP contribution in [0.25, 0.3) is 0 Å². The van der Waals surface area contributed by atoms with Crippen LogP contribution >= 0.6 is 15.9 Å². The summed E-state index contributed by atoms with van der Waals surface area (Å²) in [6, 6.07) is 11.7. The zero-order valence-electron chi connectivity index (χ0n) is 11.3. The number of ether oxygens (including phenoxy) is 1. The molecule has 0 fully saturated rings. The molecular formula is C14H15BrN2O3S. The molecule has 0 saturated carbocycles. The van der Waals surface area contributed by atoms with Gasteiger partial charge in [0.15, 0.2) is 0 Å². The lowest BCUT2D eigenvalue weighted by atomic mass is 10.2. The molecule has 0 bridgehead atoms. The van der Waals surface area contributed by atoms with Crippen molar-refractivity contribution in [3.63, 3.8) is 0 Å². The maximum absolute atomic E-state index is 12.2. The summed E-state index contributed by atoms with van der Waals surface area (Å²) in [6.07, 6.45) is 0. The number of sulfonamides is 1. The summed E-state index contributed by atoms with van der Waals surface area (Å²) in [4.78, 5) is 0.131. The number of nitrogens with one attached hydrogen (secondary N) is 1. The first kappa shape index (κ1) is 15.8. The summed E-state index contributed by atoms with van der Waals surface area (Å²) in [5.74, 6) is 0.680. The van der Waals surface area contributed by atoms with Gasteiger partial charge in [0, 0.05) is 16.7 Å². The third kappa shape index (κ3) is 3.96. The number of benzene rings is 2. The molecule has 112 valence electrons. The van der Waals surface area contributed by atoms with Crippen molar-refractivity contribution in [2.24, 2.45) is 0 Å². The zero-order chi connectivity index (χ0) is 15.5. The standard InChI is InChI=1S/C14H15BrN2O3S/c1-20-11-4-2-3-10(7-11)9-17-21(18,19)12-5-6-13(15)14(16)8-12/h2-8,17H,9,16H2,1H3. The largest absolute Gasteiger partial charge is 0.497 e. The predicted octanol–water partition coefficient (Wildman–Crippen LogP) is 2.52. The van der Waals surface area contributed by atoms with Gasteiger partial charge in [0.1, 0.15) is 5.75 Å². The van der Waals surface area contributed by atoms with Crippen molar-refractivity contribution in [3.05, 3.63) is 52.5 Å². The number of methoxy groups -OCH3 is 1. The number of nitrogens with two attached hydrogens (primary N) is 1. The molecule has 3 N–H and O–H groups in total. The van der Waals surface area contributed by atoms with Crippen LogP contribution in [0.4, 0.5) is 5.69 Å². The first-order valence-corrected chi connectivity index (χ1v) is 8.37. The molecule has 0 aliphatic carbocycles. The molecule has 0 aromatic heterocycles. The van der Waals surface area contributed by atoms with Gasteiger partial charge in [-0.1, -0.05) is 12.1 Å². The Bertz CT molecular complexity index is 748. The van der Waals surface area contributed by atoms with Crippen LogP contribution in [0.2, 0.25) is 0 Å². The van der Waals surface area contributed by atoms with E-state index < -0.39 is 10.0 Å². The molecule has 0 heterocycles. The Balaban J connectivity index is 2.15. The second-order valence-electron chi connectivity index (χ2n) is 4.36. The highest BCUT2D eigenvalue weighted by molar-refractivity contribution is 9.10. The van der Waals surface area contributed by atoms with Crippen molar-refractivity contribution in [2.75, 3.05) is 12.8 Å². The van der Waals surface area contributed by atoms with Crippen LogP contribution < -0.4 is 15.2 Å². The maximum atomic E-state index is 12.2. The topological polar surface area (TPSA) is 81.4 Å². The molecule has 2 rings (SSSR count). The first-order chi connectivity index (χ1) is 9.92. The summed E-state index contributed by atoms with van der Waals surface area (Å²) >= 11 is 3.23. The van der Waals surface area contributed by atoms with E-state index in [1.165, 1.54) is 12.1 Å². The fraction of sp³-hybridized carbons (Fsp3) is 0.143. The Morgan fingerprint density at radius 1 is 1.24 bits per heavy atom. The summed E-state index contributed by atoms with van der Waals surface area (Å²) in [5.41, 5.74) is 6.89. The fourth-order valence-electron chi connectivity index (χ4n) is 1.73. The quantitative estimate of drug-likeness (QED) is 0.792. The van der Waals surface area contributed by atoms with Crippen molar-refractivity contribution >= 4 is 31.6 Å². The van der Waals surface area contributed by atoms with E-state index in [-0.39, 0.29) is 11.4 Å². The molecule has 0 aliphatic rings. The molecule has 21 heavy (non-hydrogen) atoms. The van der Waals surface area contributed by atoms with Crippen LogP contribution in [-0.4, -0.2) is 15.5 Å². The average molecular weight is 371 g/mol. The van der Waals surface area contributed by atoms with Crippen LogP contribution in [-0.2, 0) is 16.6 Å². The van der Waals surface area contributed by atoms with Crippen LogP contribution in [0.5, 0.6) is 5.75 Å². The monoisotopic (exact) mass is 370 g/mol. The van der Waals surface area contributed by atoms with E-state index in [1.807, 2.05) is 6.07 Å². The summed E-state index contributed by atoms with van der Waals surface area (Å²) in [5, 5.41) is 0. The minimum atomic E-state index is -3.61. The Kier molecular flexibility index (Phi) is 4.87. The number of rotatable bonds is 5. The molecule has 0 amide bonds. The fourth-order valence-corrected chi connectivity index (χ4v) is 3.03. The van der Waals surface area contributed by atoms with Crippen molar-refractivity contribution in [2.45, 2.75) is 11.4 Å². The number of anilines is 1. The van der Waals surface area contributed by atoms with E-state index in [4.69, 9.17) is 10.5 Å². The smallest absolute Gasteiger partial charge is 0.240 e. The van der Waals surface area contributed by atoms with Gasteiger partial charge in [0.25, 0.3) is 0 Å². The Labute approximate surface area is 132 Å². The summed E-state index contributed by atoms with van der Waals surface area (Å²) in [7, 11) is -2.05. The summed E-state index contributed by atoms with van der Waals surface area (Å²) in [6.45, 7) is 0.176. The molecule has 0 saturated heterocycles. The minimum absolute atomic E-state index is 0.131. The van der Waals surface area contributed by atoms with Crippen LogP contribution in [0.3, 0.4) is 0 Å². The molecular weight excluding hydrogens is 356 g/mol. The highest BCUT2D eigenvalue weighted by atomic mass is 79.9. The lowest BCUT2D eigenvalue weighted by Crippen LogP contribution is -2.23. The van der Waals surface area contributed by atoms with Crippen molar-refractivity contribution in [1.29, 1.82) is 0 Å². The van der Waals surface area contributed by atoms with Gasteiger partial charge in [-0.2, -0.15) is 0 Å². The molecule has 0 radical (unpaired) electrons. The minimum Gasteiger partial charge on any atom is -0.497 e. The molecule has 2 aromatic carbocycles. The van der Waals surface area contributed by atoms with E-state index in [0.717, 1.165) is 5.56 Å². The van der Waals surface area contributed by atoms with Crippen molar-refractivity contribution < 1.29 is 13.2 Å². The Morgan fingerprint density at radius 2 is 2.00 bits per heavy atom. The highest BCUT2D eigenvalue weighted by Gasteiger charge is 2.14. The lowest BCUT2D eigenvalue weighted by Gasteiger charge is -2.09. The van der Waals surface area contributed by atoms with Gasteiger partial charge in [-0.15, -0.1) is 0 Å². The Hall–Kier alpha value is -1.57. The van der Waals surface area contributed by atoms with E-state index in [1.54, 1.807) is 31.4 Å².